The molecule has 0 unspecified atom stereocenters. The van der Waals surface area contributed by atoms with E-state index in [4.69, 9.17) is 0 Å². The van der Waals surface area contributed by atoms with Gasteiger partial charge < -0.3 is 5.32 Å². The normalized spacial score (nSPS) is 12.5. The maximum Gasteiger partial charge on any atom is 0.243 e. The molecule has 0 saturated carbocycles. The van der Waals surface area contributed by atoms with E-state index in [1.165, 1.54) is 36.4 Å². The smallest absolute Gasteiger partial charge is 0.243 e. The van der Waals surface area contributed by atoms with Gasteiger partial charge in [0.05, 0.1) is 17.5 Å². The first kappa shape index (κ1) is 22.7. The summed E-state index contributed by atoms with van der Waals surface area (Å²) in [5, 5.41) is 2.85. The number of amides is 1. The Morgan fingerprint density at radius 3 is 2.19 bits per heavy atom. The van der Waals surface area contributed by atoms with Crippen LogP contribution in [0.1, 0.15) is 29.7 Å². The first-order chi connectivity index (χ1) is 14.8. The molecule has 1 amide bonds. The Labute approximate surface area is 182 Å². The van der Waals surface area contributed by atoms with Gasteiger partial charge in [-0.15, -0.1) is 0 Å². The topological polar surface area (TPSA) is 66.5 Å². The van der Waals surface area contributed by atoms with E-state index in [1.54, 1.807) is 12.1 Å². The molecule has 1 N–H and O–H groups in total. The van der Waals surface area contributed by atoms with Crippen molar-refractivity contribution in [1.29, 1.82) is 0 Å². The van der Waals surface area contributed by atoms with E-state index < -0.39 is 21.7 Å². The van der Waals surface area contributed by atoms with Gasteiger partial charge in [0, 0.05) is 6.54 Å². The SMILES string of the molecule is Cc1ccc(S(=O)(=O)N(CC(=O)N[C@@H](C)c2ccccc2)Cc2ccc(F)cc2)cc1. The van der Waals surface area contributed by atoms with Crippen molar-refractivity contribution in [3.05, 3.63) is 101 Å². The molecule has 5 nitrogen and oxygen atoms in total. The maximum atomic E-state index is 13.3. The molecule has 7 heteroatoms. The van der Waals surface area contributed by atoms with Crippen molar-refractivity contribution in [2.75, 3.05) is 6.54 Å². The molecule has 0 fully saturated rings. The minimum absolute atomic E-state index is 0.0520. The van der Waals surface area contributed by atoms with Gasteiger partial charge in [0.15, 0.2) is 0 Å². The van der Waals surface area contributed by atoms with Crippen LogP contribution in [-0.4, -0.2) is 25.2 Å². The minimum atomic E-state index is -3.94. The Bertz CT molecular complexity index is 1120. The highest BCUT2D eigenvalue weighted by atomic mass is 32.2. The molecule has 162 valence electrons. The van der Waals surface area contributed by atoms with Crippen LogP contribution in [0, 0.1) is 12.7 Å². The lowest BCUT2D eigenvalue weighted by Crippen LogP contribution is -2.41. The number of benzene rings is 3. The molecule has 0 aliphatic rings. The molecular formula is C24H25FN2O3S. The quantitative estimate of drug-likeness (QED) is 0.571. The standard InChI is InChI=1S/C24H25FN2O3S/c1-18-8-14-23(15-9-18)31(29,30)27(16-20-10-12-22(25)13-11-20)17-24(28)26-19(2)21-6-4-3-5-7-21/h3-15,19H,16-17H2,1-2H3,(H,26,28)/t19-/m0/s1. The fraction of sp³-hybridized carbons (Fsp3) is 0.208. The van der Waals surface area contributed by atoms with E-state index >= 15 is 0 Å². The molecule has 3 aromatic carbocycles. The first-order valence-corrected chi connectivity index (χ1v) is 11.4. The van der Waals surface area contributed by atoms with Gasteiger partial charge in [0.25, 0.3) is 0 Å². The minimum Gasteiger partial charge on any atom is -0.348 e. The zero-order valence-corrected chi connectivity index (χ0v) is 18.3. The van der Waals surface area contributed by atoms with Crippen LogP contribution in [0.3, 0.4) is 0 Å². The number of carbonyl (C=O) groups excluding carboxylic acids is 1. The summed E-state index contributed by atoms with van der Waals surface area (Å²) in [6.45, 7) is 3.30. The van der Waals surface area contributed by atoms with Crippen LogP contribution in [0.5, 0.6) is 0 Å². The molecule has 0 spiro atoms. The van der Waals surface area contributed by atoms with Gasteiger partial charge in [-0.25, -0.2) is 12.8 Å². The summed E-state index contributed by atoms with van der Waals surface area (Å²) < 4.78 is 40.9. The number of halogens is 1. The molecule has 0 radical (unpaired) electrons. The van der Waals surface area contributed by atoms with Crippen LogP contribution in [-0.2, 0) is 21.4 Å². The highest BCUT2D eigenvalue weighted by Crippen LogP contribution is 2.20. The molecule has 3 aromatic rings. The highest BCUT2D eigenvalue weighted by Gasteiger charge is 2.27. The number of sulfonamides is 1. The van der Waals surface area contributed by atoms with Crippen molar-refractivity contribution in [2.24, 2.45) is 0 Å². The average molecular weight is 441 g/mol. The van der Waals surface area contributed by atoms with E-state index in [-0.39, 0.29) is 24.0 Å². The maximum absolute atomic E-state index is 13.3. The summed E-state index contributed by atoms with van der Waals surface area (Å²) in [5.41, 5.74) is 2.43. The molecule has 0 bridgehead atoms. The van der Waals surface area contributed by atoms with Crippen LogP contribution in [0.25, 0.3) is 0 Å². The van der Waals surface area contributed by atoms with Gasteiger partial charge in [-0.3, -0.25) is 4.79 Å². The Balaban J connectivity index is 1.83. The van der Waals surface area contributed by atoms with Gasteiger partial charge in [-0.2, -0.15) is 4.31 Å². The number of rotatable bonds is 8. The predicted molar refractivity (Wildman–Crippen MR) is 118 cm³/mol. The molecular weight excluding hydrogens is 415 g/mol. The summed E-state index contributed by atoms with van der Waals surface area (Å²) in [6, 6.07) is 21.2. The fourth-order valence-electron chi connectivity index (χ4n) is 3.15. The van der Waals surface area contributed by atoms with Crippen LogP contribution in [0.4, 0.5) is 4.39 Å². The zero-order valence-electron chi connectivity index (χ0n) is 17.5. The third-order valence-corrected chi connectivity index (χ3v) is 6.73. The van der Waals surface area contributed by atoms with Crippen LogP contribution in [0.15, 0.2) is 83.8 Å². The van der Waals surface area contributed by atoms with Crippen molar-refractivity contribution in [1.82, 2.24) is 9.62 Å². The van der Waals surface area contributed by atoms with Gasteiger partial charge in [-0.05, 0) is 49.2 Å². The van der Waals surface area contributed by atoms with Crippen molar-refractivity contribution in [2.45, 2.75) is 31.3 Å². The second-order valence-corrected chi connectivity index (χ2v) is 9.35. The number of nitrogens with one attached hydrogen (secondary N) is 1. The Morgan fingerprint density at radius 2 is 1.58 bits per heavy atom. The lowest BCUT2D eigenvalue weighted by molar-refractivity contribution is -0.122. The Kier molecular flexibility index (Phi) is 7.20. The Hall–Kier alpha value is -3.03. The third kappa shape index (κ3) is 5.99. The lowest BCUT2D eigenvalue weighted by Gasteiger charge is -2.23. The van der Waals surface area contributed by atoms with Crippen LogP contribution >= 0.6 is 0 Å². The van der Waals surface area contributed by atoms with E-state index in [0.717, 1.165) is 15.4 Å². The molecule has 0 aliphatic heterocycles. The largest absolute Gasteiger partial charge is 0.348 e. The monoisotopic (exact) mass is 440 g/mol. The third-order valence-electron chi connectivity index (χ3n) is 4.93. The molecule has 0 aliphatic carbocycles. The summed E-state index contributed by atoms with van der Waals surface area (Å²) in [6.07, 6.45) is 0. The summed E-state index contributed by atoms with van der Waals surface area (Å²) in [5.74, 6) is -0.833. The van der Waals surface area contributed by atoms with Crippen molar-refractivity contribution >= 4 is 15.9 Å². The van der Waals surface area contributed by atoms with E-state index in [1.807, 2.05) is 44.2 Å². The van der Waals surface area contributed by atoms with Crippen LogP contribution < -0.4 is 5.32 Å². The molecule has 1 atom stereocenters. The van der Waals surface area contributed by atoms with E-state index in [2.05, 4.69) is 5.32 Å². The van der Waals surface area contributed by atoms with Gasteiger partial charge >= 0.3 is 0 Å². The first-order valence-electron chi connectivity index (χ1n) is 9.91. The van der Waals surface area contributed by atoms with Crippen molar-refractivity contribution in [3.8, 4) is 0 Å². The van der Waals surface area contributed by atoms with Crippen molar-refractivity contribution in [3.63, 3.8) is 0 Å². The van der Waals surface area contributed by atoms with Gasteiger partial charge in [0.2, 0.25) is 15.9 Å². The molecule has 0 saturated heterocycles. The number of carbonyl (C=O) groups is 1. The predicted octanol–water partition coefficient (Wildman–Crippen LogP) is 4.20. The number of nitrogens with zero attached hydrogens (tertiary/aromatic N) is 1. The molecule has 31 heavy (non-hydrogen) atoms. The highest BCUT2D eigenvalue weighted by molar-refractivity contribution is 7.89. The lowest BCUT2D eigenvalue weighted by atomic mass is 10.1. The summed E-state index contributed by atoms with van der Waals surface area (Å²) >= 11 is 0. The number of hydrogen-bond donors (Lipinski definition) is 1. The fourth-order valence-corrected chi connectivity index (χ4v) is 4.54. The number of hydrogen-bond acceptors (Lipinski definition) is 3. The zero-order chi connectivity index (χ0) is 22.4. The van der Waals surface area contributed by atoms with Crippen molar-refractivity contribution < 1.29 is 17.6 Å². The van der Waals surface area contributed by atoms with E-state index in [9.17, 15) is 17.6 Å². The average Bonchev–Trinajstić information content (AvgIpc) is 2.75. The van der Waals surface area contributed by atoms with E-state index in [0.29, 0.717) is 5.56 Å². The molecule has 0 heterocycles. The molecule has 0 aromatic heterocycles. The second kappa shape index (κ2) is 9.85. The van der Waals surface area contributed by atoms with Gasteiger partial charge in [-0.1, -0.05) is 60.2 Å². The second-order valence-electron chi connectivity index (χ2n) is 7.41. The Morgan fingerprint density at radius 1 is 0.968 bits per heavy atom. The summed E-state index contributed by atoms with van der Waals surface area (Å²) in [7, 11) is -3.94. The molecule has 3 rings (SSSR count). The summed E-state index contributed by atoms with van der Waals surface area (Å²) in [4.78, 5) is 12.8. The van der Waals surface area contributed by atoms with Gasteiger partial charge in [0.1, 0.15) is 5.82 Å². The number of aryl methyl sites for hydroxylation is 1. The van der Waals surface area contributed by atoms with Crippen LogP contribution in [0.2, 0.25) is 0 Å².